The van der Waals surface area contributed by atoms with Gasteiger partial charge >= 0.3 is 0 Å². The second-order valence-electron chi connectivity index (χ2n) is 6.05. The minimum Gasteiger partial charge on any atom is -0.494 e. The summed E-state index contributed by atoms with van der Waals surface area (Å²) < 4.78 is 32.8. The zero-order valence-electron chi connectivity index (χ0n) is 15.6. The second kappa shape index (κ2) is 8.98. The Morgan fingerprint density at radius 2 is 1.66 bits per heavy atom. The van der Waals surface area contributed by atoms with Crippen molar-refractivity contribution < 1.29 is 17.9 Å². The van der Waals surface area contributed by atoms with Crippen LogP contribution in [0.15, 0.2) is 77.7 Å². The van der Waals surface area contributed by atoms with E-state index in [-0.39, 0.29) is 10.8 Å². The molecule has 3 aromatic rings. The lowest BCUT2D eigenvalue weighted by molar-refractivity contribution is 0.102. The number of halogens is 1. The van der Waals surface area contributed by atoms with Crippen LogP contribution in [0.5, 0.6) is 5.75 Å². The largest absolute Gasteiger partial charge is 0.494 e. The van der Waals surface area contributed by atoms with Crippen molar-refractivity contribution in [1.29, 1.82) is 0 Å². The number of hydrogen-bond donors (Lipinski definition) is 2. The van der Waals surface area contributed by atoms with Crippen molar-refractivity contribution in [2.24, 2.45) is 0 Å². The van der Waals surface area contributed by atoms with Gasteiger partial charge in [-0.15, -0.1) is 0 Å². The molecule has 0 unspecified atom stereocenters. The number of sulfonamides is 1. The molecule has 29 heavy (non-hydrogen) atoms. The Balaban J connectivity index is 1.68. The van der Waals surface area contributed by atoms with Gasteiger partial charge in [0.2, 0.25) is 0 Å². The lowest BCUT2D eigenvalue weighted by atomic mass is 10.2. The van der Waals surface area contributed by atoms with Crippen molar-refractivity contribution in [2.75, 3.05) is 16.6 Å². The highest BCUT2D eigenvalue weighted by Crippen LogP contribution is 2.21. The Bertz CT molecular complexity index is 1100. The Kier molecular flexibility index (Phi) is 6.41. The summed E-state index contributed by atoms with van der Waals surface area (Å²) in [6.07, 6.45) is 0. The molecule has 0 saturated heterocycles. The summed E-state index contributed by atoms with van der Waals surface area (Å²) in [7, 11) is -3.77. The fraction of sp³-hybridized carbons (Fsp3) is 0.0952. The van der Waals surface area contributed by atoms with Gasteiger partial charge in [-0.25, -0.2) is 8.42 Å². The SMILES string of the molecule is CCOc1ccc(C(=O)Nc2ccc(S(=O)(=O)Nc3cccc(Cl)c3)cc2)cc1. The topological polar surface area (TPSA) is 84.5 Å². The summed E-state index contributed by atoms with van der Waals surface area (Å²) in [6.45, 7) is 2.43. The number of ether oxygens (including phenoxy) is 1. The van der Waals surface area contributed by atoms with E-state index in [9.17, 15) is 13.2 Å². The maximum Gasteiger partial charge on any atom is 0.261 e. The minimum atomic E-state index is -3.77. The number of carbonyl (C=O) groups excluding carboxylic acids is 1. The summed E-state index contributed by atoms with van der Waals surface area (Å²) in [5.74, 6) is 0.381. The summed E-state index contributed by atoms with van der Waals surface area (Å²) >= 11 is 5.88. The van der Waals surface area contributed by atoms with Crippen LogP contribution in [-0.2, 0) is 10.0 Å². The molecule has 0 bridgehead atoms. The van der Waals surface area contributed by atoms with E-state index in [1.165, 1.54) is 30.3 Å². The fourth-order valence-corrected chi connectivity index (χ4v) is 3.80. The molecule has 150 valence electrons. The zero-order chi connectivity index (χ0) is 20.9. The molecule has 0 heterocycles. The molecule has 0 aliphatic heterocycles. The molecule has 0 radical (unpaired) electrons. The van der Waals surface area contributed by atoms with E-state index in [0.717, 1.165) is 0 Å². The van der Waals surface area contributed by atoms with E-state index in [2.05, 4.69) is 10.0 Å². The molecule has 0 aromatic heterocycles. The second-order valence-corrected chi connectivity index (χ2v) is 8.17. The number of benzene rings is 3. The third-order valence-corrected chi connectivity index (χ3v) is 5.56. The Morgan fingerprint density at radius 3 is 2.28 bits per heavy atom. The van der Waals surface area contributed by atoms with E-state index in [1.54, 1.807) is 42.5 Å². The minimum absolute atomic E-state index is 0.0662. The van der Waals surface area contributed by atoms with Crippen molar-refractivity contribution in [3.8, 4) is 5.75 Å². The molecule has 0 aliphatic rings. The average Bonchev–Trinajstić information content (AvgIpc) is 2.69. The molecule has 3 rings (SSSR count). The Hall–Kier alpha value is -3.03. The third kappa shape index (κ3) is 5.49. The van der Waals surface area contributed by atoms with Crippen LogP contribution in [0, 0.1) is 0 Å². The van der Waals surface area contributed by atoms with E-state index in [1.807, 2.05) is 6.92 Å². The standard InChI is InChI=1S/C21H19ClN2O4S/c1-2-28-19-10-6-15(7-11-19)21(25)23-17-8-12-20(13-9-17)29(26,27)24-18-5-3-4-16(22)14-18/h3-14,24H,2H2,1H3,(H,23,25). The maximum absolute atomic E-state index is 12.5. The summed E-state index contributed by atoms with van der Waals surface area (Å²) in [4.78, 5) is 12.4. The van der Waals surface area contributed by atoms with E-state index >= 15 is 0 Å². The molecule has 3 aromatic carbocycles. The Morgan fingerprint density at radius 1 is 0.966 bits per heavy atom. The smallest absolute Gasteiger partial charge is 0.261 e. The van der Waals surface area contributed by atoms with Gasteiger partial charge in [-0.05, 0) is 73.7 Å². The van der Waals surface area contributed by atoms with Crippen molar-refractivity contribution in [2.45, 2.75) is 11.8 Å². The molecule has 0 atom stereocenters. The summed E-state index contributed by atoms with van der Waals surface area (Å²) in [5.41, 5.74) is 1.31. The number of anilines is 2. The normalized spacial score (nSPS) is 11.0. The van der Waals surface area contributed by atoms with Gasteiger partial charge in [0.05, 0.1) is 17.2 Å². The molecule has 0 aliphatic carbocycles. The van der Waals surface area contributed by atoms with Gasteiger partial charge in [-0.2, -0.15) is 0 Å². The highest BCUT2D eigenvalue weighted by molar-refractivity contribution is 7.92. The first-order valence-corrected chi connectivity index (χ1v) is 10.7. The predicted octanol–water partition coefficient (Wildman–Crippen LogP) is 4.79. The first-order chi connectivity index (χ1) is 13.9. The highest BCUT2D eigenvalue weighted by atomic mass is 35.5. The molecule has 8 heteroatoms. The van der Waals surface area contributed by atoms with Crippen LogP contribution >= 0.6 is 11.6 Å². The van der Waals surface area contributed by atoms with Crippen molar-refractivity contribution in [1.82, 2.24) is 0 Å². The van der Waals surface area contributed by atoms with Crippen LogP contribution < -0.4 is 14.8 Å². The summed E-state index contributed by atoms with van der Waals surface area (Å²) in [6, 6.07) is 19.1. The first-order valence-electron chi connectivity index (χ1n) is 8.80. The maximum atomic E-state index is 12.5. The lowest BCUT2D eigenvalue weighted by Gasteiger charge is -2.10. The number of amides is 1. The van der Waals surface area contributed by atoms with Crippen LogP contribution in [0.1, 0.15) is 17.3 Å². The number of carbonyl (C=O) groups is 1. The van der Waals surface area contributed by atoms with Crippen molar-refractivity contribution >= 4 is 38.9 Å². The van der Waals surface area contributed by atoms with Crippen LogP contribution in [-0.4, -0.2) is 20.9 Å². The Labute approximate surface area is 174 Å². The van der Waals surface area contributed by atoms with Crippen molar-refractivity contribution in [3.05, 3.63) is 83.4 Å². The molecule has 0 spiro atoms. The molecule has 6 nitrogen and oxygen atoms in total. The first kappa shape index (κ1) is 20.7. The predicted molar refractivity (Wildman–Crippen MR) is 114 cm³/mol. The number of nitrogens with one attached hydrogen (secondary N) is 2. The van der Waals surface area contributed by atoms with E-state index < -0.39 is 10.0 Å². The summed E-state index contributed by atoms with van der Waals surface area (Å²) in [5, 5.41) is 3.16. The van der Waals surface area contributed by atoms with Crippen molar-refractivity contribution in [3.63, 3.8) is 0 Å². The molecular weight excluding hydrogens is 412 g/mol. The van der Waals surface area contributed by atoms with E-state index in [0.29, 0.717) is 34.3 Å². The van der Waals surface area contributed by atoms with Crippen LogP contribution in [0.3, 0.4) is 0 Å². The number of rotatable bonds is 7. The van der Waals surface area contributed by atoms with Gasteiger partial charge in [0.25, 0.3) is 15.9 Å². The van der Waals surface area contributed by atoms with Gasteiger partial charge in [-0.3, -0.25) is 9.52 Å². The molecule has 1 amide bonds. The van der Waals surface area contributed by atoms with Gasteiger partial charge in [-0.1, -0.05) is 17.7 Å². The van der Waals surface area contributed by atoms with Crippen LogP contribution in [0.2, 0.25) is 5.02 Å². The number of hydrogen-bond acceptors (Lipinski definition) is 4. The molecule has 0 saturated carbocycles. The molecule has 0 fully saturated rings. The quantitative estimate of drug-likeness (QED) is 0.564. The van der Waals surface area contributed by atoms with Crippen LogP contribution in [0.4, 0.5) is 11.4 Å². The fourth-order valence-electron chi connectivity index (χ4n) is 2.56. The van der Waals surface area contributed by atoms with Crippen LogP contribution in [0.25, 0.3) is 0 Å². The lowest BCUT2D eigenvalue weighted by Crippen LogP contribution is -2.14. The monoisotopic (exact) mass is 430 g/mol. The van der Waals surface area contributed by atoms with Gasteiger partial charge in [0.15, 0.2) is 0 Å². The van der Waals surface area contributed by atoms with Gasteiger partial charge in [0.1, 0.15) is 5.75 Å². The van der Waals surface area contributed by atoms with Gasteiger partial charge in [0, 0.05) is 16.3 Å². The zero-order valence-corrected chi connectivity index (χ0v) is 17.1. The average molecular weight is 431 g/mol. The van der Waals surface area contributed by atoms with Gasteiger partial charge < -0.3 is 10.1 Å². The van der Waals surface area contributed by atoms with E-state index in [4.69, 9.17) is 16.3 Å². The third-order valence-electron chi connectivity index (χ3n) is 3.93. The molecular formula is C21H19ClN2O4S. The molecule has 2 N–H and O–H groups in total. The highest BCUT2D eigenvalue weighted by Gasteiger charge is 2.15.